The molecule has 2 aromatic heterocycles. The first kappa shape index (κ1) is 29.0. The third-order valence-electron chi connectivity index (χ3n) is 7.81. The van der Waals surface area contributed by atoms with Gasteiger partial charge in [0.2, 0.25) is 0 Å². The zero-order valence-corrected chi connectivity index (χ0v) is 24.7. The van der Waals surface area contributed by atoms with Gasteiger partial charge in [-0.15, -0.1) is 11.3 Å². The quantitative estimate of drug-likeness (QED) is 0.436. The van der Waals surface area contributed by atoms with Crippen LogP contribution in [0.4, 0.5) is 11.5 Å². The van der Waals surface area contributed by atoms with Crippen molar-refractivity contribution in [3.8, 4) is 0 Å². The number of rotatable bonds is 3. The van der Waals surface area contributed by atoms with Crippen LogP contribution in [-0.2, 0) is 16.0 Å². The Kier molecular flexibility index (Phi) is 9.23. The molecule has 4 heterocycles. The molecule has 3 aromatic rings. The molecule has 1 unspecified atom stereocenters. The minimum Gasteiger partial charge on any atom is -0.383 e. The average Bonchev–Trinajstić information content (AvgIpc) is 3.32. The standard InChI is InChI=1S/C15H22N4O2.C15H20N2S/c1-3-11-7-12(8-17-13(11)16)18-14(20)15(21)19-6-4-5-10(2)9-19;1-15(2)10-17(3)9-8-11(15)14-16-12-6-4-5-7-13(12)18-14/h7-8,10H,3-6,9H2,1-2H3,(H2,16,17)(H,18,20);4-7,11H,8-10H2,1-3H3/t;11-/m.0/s1. The van der Waals surface area contributed by atoms with Crippen LogP contribution in [0.5, 0.6) is 0 Å². The second-order valence-corrected chi connectivity index (χ2v) is 12.7. The first-order chi connectivity index (χ1) is 18.6. The summed E-state index contributed by atoms with van der Waals surface area (Å²) < 4.78 is 1.32. The van der Waals surface area contributed by atoms with E-state index < -0.39 is 11.8 Å². The van der Waals surface area contributed by atoms with Crippen molar-refractivity contribution >= 4 is 44.9 Å². The van der Waals surface area contributed by atoms with Gasteiger partial charge in [0.15, 0.2) is 0 Å². The van der Waals surface area contributed by atoms with Gasteiger partial charge in [-0.3, -0.25) is 9.59 Å². The number of hydrogen-bond donors (Lipinski definition) is 2. The monoisotopic (exact) mass is 550 g/mol. The minimum absolute atomic E-state index is 0.320. The Hall–Kier alpha value is -3.04. The molecular weight excluding hydrogens is 508 g/mol. The summed E-state index contributed by atoms with van der Waals surface area (Å²) in [7, 11) is 2.22. The predicted octanol–water partition coefficient (Wildman–Crippen LogP) is 5.16. The van der Waals surface area contributed by atoms with E-state index in [1.165, 1.54) is 28.9 Å². The fourth-order valence-electron chi connectivity index (χ4n) is 5.70. The van der Waals surface area contributed by atoms with E-state index in [-0.39, 0.29) is 0 Å². The third-order valence-corrected chi connectivity index (χ3v) is 8.96. The van der Waals surface area contributed by atoms with Crippen molar-refractivity contribution in [1.82, 2.24) is 19.8 Å². The molecule has 2 aliphatic heterocycles. The molecule has 2 amide bonds. The lowest BCUT2D eigenvalue weighted by molar-refractivity contribution is -0.144. The Morgan fingerprint density at radius 3 is 2.67 bits per heavy atom. The number of nitrogen functional groups attached to an aromatic ring is 1. The van der Waals surface area contributed by atoms with E-state index in [2.05, 4.69) is 67.3 Å². The highest BCUT2D eigenvalue weighted by molar-refractivity contribution is 7.18. The van der Waals surface area contributed by atoms with Crippen LogP contribution in [0.2, 0.25) is 0 Å². The Bertz CT molecular complexity index is 1270. The first-order valence-electron chi connectivity index (χ1n) is 14.0. The molecule has 8 nitrogen and oxygen atoms in total. The molecule has 210 valence electrons. The maximum absolute atomic E-state index is 12.1. The van der Waals surface area contributed by atoms with E-state index in [4.69, 9.17) is 10.7 Å². The van der Waals surface area contributed by atoms with E-state index in [0.29, 0.717) is 41.8 Å². The maximum atomic E-state index is 12.1. The summed E-state index contributed by atoms with van der Waals surface area (Å²) in [6, 6.07) is 10.2. The molecule has 0 spiro atoms. The molecule has 0 radical (unpaired) electrons. The number of hydrogen-bond acceptors (Lipinski definition) is 7. The maximum Gasteiger partial charge on any atom is 0.313 e. The lowest BCUT2D eigenvalue weighted by Gasteiger charge is -2.42. The number of piperidine rings is 2. The summed E-state index contributed by atoms with van der Waals surface area (Å²) in [4.78, 5) is 37.1. The summed E-state index contributed by atoms with van der Waals surface area (Å²) in [6.07, 6.45) is 5.47. The molecule has 2 atom stereocenters. The highest BCUT2D eigenvalue weighted by atomic mass is 32.1. The number of fused-ring (bicyclic) bond motifs is 1. The van der Waals surface area contributed by atoms with E-state index in [9.17, 15) is 9.59 Å². The first-order valence-corrected chi connectivity index (χ1v) is 14.8. The molecule has 1 aromatic carbocycles. The van der Waals surface area contributed by atoms with Crippen LogP contribution >= 0.6 is 11.3 Å². The molecule has 2 saturated heterocycles. The zero-order chi connectivity index (χ0) is 28.2. The second kappa shape index (κ2) is 12.4. The second-order valence-electron chi connectivity index (χ2n) is 11.7. The highest BCUT2D eigenvalue weighted by Crippen LogP contribution is 2.44. The average molecular weight is 551 g/mol. The topological polar surface area (TPSA) is 104 Å². The van der Waals surface area contributed by atoms with Gasteiger partial charge in [0.05, 0.1) is 27.1 Å². The van der Waals surface area contributed by atoms with Crippen molar-refractivity contribution in [2.75, 3.05) is 44.3 Å². The number of benzene rings is 1. The van der Waals surface area contributed by atoms with Gasteiger partial charge in [0.25, 0.3) is 0 Å². The SMILES string of the molecule is CCc1cc(NC(=O)C(=O)N2CCCC(C)C2)cnc1N.CN1CC[C@@H](c2nc3ccccc3s2)C(C)(C)C1. The fourth-order valence-corrected chi connectivity index (χ4v) is 7.01. The van der Waals surface area contributed by atoms with Crippen LogP contribution in [-0.4, -0.2) is 64.8 Å². The number of amides is 2. The normalized spacial score (nSPS) is 21.2. The lowest BCUT2D eigenvalue weighted by atomic mass is 9.74. The molecule has 2 fully saturated rings. The molecule has 0 saturated carbocycles. The number of thiazole rings is 1. The van der Waals surface area contributed by atoms with Crippen LogP contribution < -0.4 is 11.1 Å². The van der Waals surface area contributed by atoms with Crippen molar-refractivity contribution in [2.45, 2.75) is 59.3 Å². The van der Waals surface area contributed by atoms with Gasteiger partial charge in [-0.05, 0) is 74.4 Å². The van der Waals surface area contributed by atoms with Gasteiger partial charge in [0, 0.05) is 25.6 Å². The molecule has 0 bridgehead atoms. The van der Waals surface area contributed by atoms with Crippen molar-refractivity contribution in [3.63, 3.8) is 0 Å². The van der Waals surface area contributed by atoms with E-state index >= 15 is 0 Å². The Morgan fingerprint density at radius 1 is 1.21 bits per heavy atom. The fraction of sp³-hybridized carbons (Fsp3) is 0.533. The van der Waals surface area contributed by atoms with Gasteiger partial charge in [-0.1, -0.05) is 39.8 Å². The Morgan fingerprint density at radius 2 is 1.97 bits per heavy atom. The van der Waals surface area contributed by atoms with Crippen molar-refractivity contribution in [1.29, 1.82) is 0 Å². The highest BCUT2D eigenvalue weighted by Gasteiger charge is 2.37. The number of likely N-dealkylation sites (tertiary alicyclic amines) is 2. The molecule has 3 N–H and O–H groups in total. The van der Waals surface area contributed by atoms with Gasteiger partial charge in [0.1, 0.15) is 5.82 Å². The predicted molar refractivity (Wildman–Crippen MR) is 160 cm³/mol. The van der Waals surface area contributed by atoms with Gasteiger partial charge >= 0.3 is 11.8 Å². The number of aryl methyl sites for hydroxylation is 1. The Labute approximate surface area is 236 Å². The van der Waals surface area contributed by atoms with Crippen LogP contribution in [0.3, 0.4) is 0 Å². The molecule has 0 aliphatic carbocycles. The summed E-state index contributed by atoms with van der Waals surface area (Å²) in [6.45, 7) is 12.4. The lowest BCUT2D eigenvalue weighted by Crippen LogP contribution is -2.44. The zero-order valence-electron chi connectivity index (χ0n) is 23.9. The van der Waals surface area contributed by atoms with Gasteiger partial charge < -0.3 is 20.9 Å². The van der Waals surface area contributed by atoms with Crippen molar-refractivity contribution in [2.24, 2.45) is 11.3 Å². The third kappa shape index (κ3) is 7.13. The number of para-hydroxylation sites is 1. The number of nitrogens with one attached hydrogen (secondary N) is 1. The van der Waals surface area contributed by atoms with Crippen LogP contribution in [0.25, 0.3) is 10.2 Å². The molecule has 9 heteroatoms. The molecular formula is C30H42N6O2S. The minimum atomic E-state index is -0.613. The van der Waals surface area contributed by atoms with Crippen LogP contribution in [0.15, 0.2) is 36.5 Å². The molecule has 5 rings (SSSR count). The number of anilines is 2. The largest absolute Gasteiger partial charge is 0.383 e. The number of carbonyl (C=O) groups excluding carboxylic acids is 2. The summed E-state index contributed by atoms with van der Waals surface area (Å²) in [5, 5.41) is 3.94. The number of nitrogens with two attached hydrogens (primary N) is 1. The Balaban J connectivity index is 0.000000183. The van der Waals surface area contributed by atoms with Crippen LogP contribution in [0.1, 0.15) is 63.4 Å². The van der Waals surface area contributed by atoms with Gasteiger partial charge in [-0.2, -0.15) is 0 Å². The smallest absolute Gasteiger partial charge is 0.313 e. The van der Waals surface area contributed by atoms with Crippen molar-refractivity contribution in [3.05, 3.63) is 47.1 Å². The molecule has 2 aliphatic rings. The van der Waals surface area contributed by atoms with E-state index in [0.717, 1.165) is 36.9 Å². The van der Waals surface area contributed by atoms with Crippen molar-refractivity contribution < 1.29 is 9.59 Å². The van der Waals surface area contributed by atoms with Gasteiger partial charge in [-0.25, -0.2) is 9.97 Å². The van der Waals surface area contributed by atoms with E-state index in [1.54, 1.807) is 11.0 Å². The number of carbonyl (C=O) groups is 2. The summed E-state index contributed by atoms with van der Waals surface area (Å²) in [5.74, 6) is 0.410. The summed E-state index contributed by atoms with van der Waals surface area (Å²) in [5.41, 5.74) is 8.56. The van der Waals surface area contributed by atoms with Crippen LogP contribution in [0, 0.1) is 11.3 Å². The number of nitrogens with zero attached hydrogens (tertiary/aromatic N) is 4. The number of pyridine rings is 1. The van der Waals surface area contributed by atoms with E-state index in [1.807, 2.05) is 18.3 Å². The summed E-state index contributed by atoms with van der Waals surface area (Å²) >= 11 is 1.88. The number of aromatic nitrogens is 2. The molecule has 39 heavy (non-hydrogen) atoms.